The third kappa shape index (κ3) is 4.03. The average Bonchev–Trinajstić information content (AvgIpc) is 2.68. The van der Waals surface area contributed by atoms with Gasteiger partial charge < -0.3 is 10.6 Å². The first-order chi connectivity index (χ1) is 9.89. The summed E-state index contributed by atoms with van der Waals surface area (Å²) in [7, 11) is -3.79. The van der Waals surface area contributed by atoms with E-state index in [0.717, 1.165) is 32.2 Å². The predicted octanol–water partition coefficient (Wildman–Crippen LogP) is 1.11. The monoisotopic (exact) mass is 311 g/mol. The summed E-state index contributed by atoms with van der Waals surface area (Å²) in [6.45, 7) is 2.46. The van der Waals surface area contributed by atoms with Crippen LogP contribution in [-0.4, -0.2) is 26.9 Å². The SMILES string of the molecule is Cc1c(NC(=O)C2CCCCCN2)cccc1S(N)(=O)=O. The lowest BCUT2D eigenvalue weighted by molar-refractivity contribution is -0.118. The Morgan fingerprint density at radius 3 is 2.81 bits per heavy atom. The molecule has 0 spiro atoms. The van der Waals surface area contributed by atoms with E-state index in [2.05, 4.69) is 10.6 Å². The molecule has 1 unspecified atom stereocenters. The standard InChI is InChI=1S/C14H21N3O3S/c1-10-11(7-5-8-13(10)21(15,19)20)17-14(18)12-6-3-2-4-9-16-12/h5,7-8,12,16H,2-4,6,9H2,1H3,(H,17,18)(H2,15,19,20). The summed E-state index contributed by atoms with van der Waals surface area (Å²) in [4.78, 5) is 12.3. The third-order valence-corrected chi connectivity index (χ3v) is 4.78. The van der Waals surface area contributed by atoms with Gasteiger partial charge in [-0.3, -0.25) is 4.79 Å². The molecule has 1 aliphatic heterocycles. The van der Waals surface area contributed by atoms with Gasteiger partial charge >= 0.3 is 0 Å². The number of anilines is 1. The van der Waals surface area contributed by atoms with Crippen LogP contribution in [0.4, 0.5) is 5.69 Å². The molecule has 1 saturated heterocycles. The smallest absolute Gasteiger partial charge is 0.241 e. The lowest BCUT2D eigenvalue weighted by Crippen LogP contribution is -2.40. The van der Waals surface area contributed by atoms with Gasteiger partial charge in [-0.1, -0.05) is 18.9 Å². The van der Waals surface area contributed by atoms with Crippen LogP contribution in [0, 0.1) is 6.92 Å². The second-order valence-corrected chi connectivity index (χ2v) is 6.85. The number of nitrogens with two attached hydrogens (primary N) is 1. The van der Waals surface area contributed by atoms with Crippen LogP contribution in [0.1, 0.15) is 31.2 Å². The maximum atomic E-state index is 12.3. The molecule has 1 aliphatic rings. The number of carbonyl (C=O) groups is 1. The van der Waals surface area contributed by atoms with Gasteiger partial charge in [-0.25, -0.2) is 13.6 Å². The number of hydrogen-bond acceptors (Lipinski definition) is 4. The fourth-order valence-corrected chi connectivity index (χ4v) is 3.34. The molecule has 0 aliphatic carbocycles. The molecule has 0 bridgehead atoms. The summed E-state index contributed by atoms with van der Waals surface area (Å²) in [5.74, 6) is -0.133. The van der Waals surface area contributed by atoms with Crippen molar-refractivity contribution in [3.8, 4) is 0 Å². The fourth-order valence-electron chi connectivity index (χ4n) is 2.53. The van der Waals surface area contributed by atoms with Crippen LogP contribution in [0.5, 0.6) is 0 Å². The number of rotatable bonds is 3. The summed E-state index contributed by atoms with van der Waals surface area (Å²) in [6, 6.07) is 4.45. The minimum Gasteiger partial charge on any atom is -0.324 e. The Hall–Kier alpha value is -1.44. The summed E-state index contributed by atoms with van der Waals surface area (Å²) in [5.41, 5.74) is 0.944. The molecule has 2 rings (SSSR count). The first-order valence-electron chi connectivity index (χ1n) is 7.06. The molecule has 1 fully saturated rings. The van der Waals surface area contributed by atoms with E-state index in [4.69, 9.17) is 5.14 Å². The molecule has 21 heavy (non-hydrogen) atoms. The van der Waals surface area contributed by atoms with Crippen LogP contribution in [0.25, 0.3) is 0 Å². The molecule has 1 atom stereocenters. The first-order valence-corrected chi connectivity index (χ1v) is 8.61. The maximum Gasteiger partial charge on any atom is 0.241 e. The molecule has 1 amide bonds. The van der Waals surface area contributed by atoms with E-state index in [-0.39, 0.29) is 16.8 Å². The highest BCUT2D eigenvalue weighted by atomic mass is 32.2. The predicted molar refractivity (Wildman–Crippen MR) is 81.4 cm³/mol. The van der Waals surface area contributed by atoms with E-state index in [9.17, 15) is 13.2 Å². The van der Waals surface area contributed by atoms with E-state index in [1.807, 2.05) is 0 Å². The summed E-state index contributed by atoms with van der Waals surface area (Å²) in [6.07, 6.45) is 4.00. The molecule has 6 nitrogen and oxygen atoms in total. The Morgan fingerprint density at radius 2 is 2.10 bits per heavy atom. The minimum absolute atomic E-state index is 0.0362. The van der Waals surface area contributed by atoms with E-state index < -0.39 is 10.0 Å². The van der Waals surface area contributed by atoms with Gasteiger partial charge in [0.2, 0.25) is 15.9 Å². The Kier molecular flexibility index (Phi) is 4.97. The van der Waals surface area contributed by atoms with Gasteiger partial charge in [0.05, 0.1) is 10.9 Å². The van der Waals surface area contributed by atoms with E-state index in [1.165, 1.54) is 6.07 Å². The van der Waals surface area contributed by atoms with Crippen molar-refractivity contribution in [1.82, 2.24) is 5.32 Å². The number of carbonyl (C=O) groups excluding carboxylic acids is 1. The van der Waals surface area contributed by atoms with Gasteiger partial charge in [-0.05, 0) is 44.0 Å². The van der Waals surface area contributed by atoms with E-state index in [0.29, 0.717) is 11.3 Å². The van der Waals surface area contributed by atoms with Crippen LogP contribution in [-0.2, 0) is 14.8 Å². The highest BCUT2D eigenvalue weighted by molar-refractivity contribution is 7.89. The molecule has 4 N–H and O–H groups in total. The number of primary sulfonamides is 1. The van der Waals surface area contributed by atoms with Gasteiger partial charge in [-0.15, -0.1) is 0 Å². The van der Waals surface area contributed by atoms with Crippen LogP contribution < -0.4 is 15.8 Å². The molecule has 7 heteroatoms. The van der Waals surface area contributed by atoms with Crippen molar-refractivity contribution in [2.45, 2.75) is 43.5 Å². The quantitative estimate of drug-likeness (QED) is 0.778. The van der Waals surface area contributed by atoms with Gasteiger partial charge in [0.25, 0.3) is 0 Å². The average molecular weight is 311 g/mol. The molecular formula is C14H21N3O3S. The van der Waals surface area contributed by atoms with Crippen molar-refractivity contribution in [2.75, 3.05) is 11.9 Å². The van der Waals surface area contributed by atoms with Crippen molar-refractivity contribution >= 4 is 21.6 Å². The van der Waals surface area contributed by atoms with Crippen molar-refractivity contribution in [2.24, 2.45) is 5.14 Å². The minimum atomic E-state index is -3.79. The second-order valence-electron chi connectivity index (χ2n) is 5.32. The normalized spacial score (nSPS) is 19.8. The van der Waals surface area contributed by atoms with E-state index in [1.54, 1.807) is 19.1 Å². The highest BCUT2D eigenvalue weighted by Gasteiger charge is 2.21. The van der Waals surface area contributed by atoms with Crippen LogP contribution >= 0.6 is 0 Å². The summed E-state index contributed by atoms with van der Waals surface area (Å²) >= 11 is 0. The number of amides is 1. The van der Waals surface area contributed by atoms with Crippen molar-refractivity contribution < 1.29 is 13.2 Å². The topological polar surface area (TPSA) is 101 Å². The number of hydrogen-bond donors (Lipinski definition) is 3. The van der Waals surface area contributed by atoms with Crippen LogP contribution in [0.2, 0.25) is 0 Å². The molecule has 1 aromatic rings. The molecule has 1 heterocycles. The van der Waals surface area contributed by atoms with Gasteiger partial charge in [-0.2, -0.15) is 0 Å². The summed E-state index contributed by atoms with van der Waals surface area (Å²) in [5, 5.41) is 11.2. The lowest BCUT2D eigenvalue weighted by Gasteiger charge is -2.17. The van der Waals surface area contributed by atoms with Crippen molar-refractivity contribution in [1.29, 1.82) is 0 Å². The fraction of sp³-hybridized carbons (Fsp3) is 0.500. The highest BCUT2D eigenvalue weighted by Crippen LogP contribution is 2.22. The second kappa shape index (κ2) is 6.55. The summed E-state index contributed by atoms with van der Waals surface area (Å²) < 4.78 is 23.0. The van der Waals surface area contributed by atoms with Gasteiger partial charge in [0.15, 0.2) is 0 Å². The van der Waals surface area contributed by atoms with Crippen molar-refractivity contribution in [3.63, 3.8) is 0 Å². The van der Waals surface area contributed by atoms with Gasteiger partial charge in [0, 0.05) is 5.69 Å². The molecule has 1 aromatic carbocycles. The Morgan fingerprint density at radius 1 is 1.33 bits per heavy atom. The molecular weight excluding hydrogens is 290 g/mol. The van der Waals surface area contributed by atoms with Gasteiger partial charge in [0.1, 0.15) is 0 Å². The van der Waals surface area contributed by atoms with Crippen LogP contribution in [0.15, 0.2) is 23.1 Å². The third-order valence-electron chi connectivity index (χ3n) is 3.73. The molecule has 0 saturated carbocycles. The number of sulfonamides is 1. The maximum absolute atomic E-state index is 12.3. The number of benzene rings is 1. The Labute approximate surface area is 125 Å². The number of nitrogens with one attached hydrogen (secondary N) is 2. The zero-order chi connectivity index (χ0) is 15.5. The zero-order valence-corrected chi connectivity index (χ0v) is 12.9. The first kappa shape index (κ1) is 15.9. The lowest BCUT2D eigenvalue weighted by atomic mass is 10.1. The molecule has 116 valence electrons. The van der Waals surface area contributed by atoms with E-state index >= 15 is 0 Å². The molecule has 0 radical (unpaired) electrons. The Bertz CT molecular complexity index is 620. The largest absolute Gasteiger partial charge is 0.324 e. The van der Waals surface area contributed by atoms with Crippen LogP contribution in [0.3, 0.4) is 0 Å². The Balaban J connectivity index is 2.17. The van der Waals surface area contributed by atoms with Crippen molar-refractivity contribution in [3.05, 3.63) is 23.8 Å². The molecule has 0 aromatic heterocycles. The zero-order valence-electron chi connectivity index (χ0n) is 12.1.